The highest BCUT2D eigenvalue weighted by Gasteiger charge is 2.38. The van der Waals surface area contributed by atoms with Gasteiger partial charge in [0.1, 0.15) is 0 Å². The Labute approximate surface area is 148 Å². The number of hydrogen-bond donors (Lipinski definition) is 1. The molecule has 0 saturated carbocycles. The van der Waals surface area contributed by atoms with E-state index in [-0.39, 0.29) is 11.0 Å². The molecule has 0 spiro atoms. The second-order valence-corrected chi connectivity index (χ2v) is 8.54. The molecule has 136 valence electrons. The van der Waals surface area contributed by atoms with Crippen molar-refractivity contribution in [1.29, 1.82) is 0 Å². The first-order valence-corrected chi connectivity index (χ1v) is 9.17. The van der Waals surface area contributed by atoms with E-state index in [9.17, 15) is 0 Å². The molecule has 6 nitrogen and oxygen atoms in total. The molecule has 0 aromatic carbocycles. The van der Waals surface area contributed by atoms with Crippen LogP contribution in [0.25, 0.3) is 0 Å². The smallest absolute Gasteiger partial charge is 0.0887 e. The fraction of sp³-hybridized carbons (Fsp3) is 0.684. The van der Waals surface area contributed by atoms with Crippen LogP contribution in [0.3, 0.4) is 0 Å². The first-order chi connectivity index (χ1) is 11.9. The van der Waals surface area contributed by atoms with Crippen LogP contribution in [0.2, 0.25) is 0 Å². The fourth-order valence-electron chi connectivity index (χ4n) is 4.55. The van der Waals surface area contributed by atoms with Gasteiger partial charge in [-0.15, -0.1) is 0 Å². The average Bonchev–Trinajstić information content (AvgIpc) is 3.18. The predicted molar refractivity (Wildman–Crippen MR) is 94.5 cm³/mol. The Kier molecular flexibility index (Phi) is 4.00. The van der Waals surface area contributed by atoms with E-state index < -0.39 is 0 Å². The lowest BCUT2D eigenvalue weighted by Crippen LogP contribution is -2.37. The second-order valence-electron chi connectivity index (χ2n) is 8.54. The molecule has 0 amide bonds. The molecular formula is C19H28N4O2. The number of aromatic amines is 1. The zero-order chi connectivity index (χ0) is 17.7. The van der Waals surface area contributed by atoms with E-state index in [2.05, 4.69) is 42.6 Å². The summed E-state index contributed by atoms with van der Waals surface area (Å²) in [5, 5.41) is 12.6. The number of fused-ring (bicyclic) bond motifs is 2. The minimum absolute atomic E-state index is 0.0807. The van der Waals surface area contributed by atoms with E-state index >= 15 is 0 Å². The largest absolute Gasteiger partial charge is 0.376 e. The normalized spacial score (nSPS) is 18.1. The average molecular weight is 344 g/mol. The van der Waals surface area contributed by atoms with E-state index in [1.54, 1.807) is 0 Å². The van der Waals surface area contributed by atoms with Gasteiger partial charge in [-0.3, -0.25) is 9.78 Å². The minimum atomic E-state index is -0.126. The first-order valence-electron chi connectivity index (χ1n) is 9.17. The van der Waals surface area contributed by atoms with Crippen LogP contribution < -0.4 is 0 Å². The third-order valence-corrected chi connectivity index (χ3v) is 5.49. The number of rotatable bonds is 4. The van der Waals surface area contributed by atoms with Crippen LogP contribution in [0, 0.1) is 0 Å². The van der Waals surface area contributed by atoms with E-state index in [1.165, 1.54) is 22.5 Å². The lowest BCUT2D eigenvalue weighted by atomic mass is 9.76. The second kappa shape index (κ2) is 5.95. The first kappa shape index (κ1) is 16.8. The van der Waals surface area contributed by atoms with Crippen molar-refractivity contribution in [2.45, 2.75) is 71.1 Å². The predicted octanol–water partition coefficient (Wildman–Crippen LogP) is 2.85. The van der Waals surface area contributed by atoms with Gasteiger partial charge < -0.3 is 9.47 Å². The van der Waals surface area contributed by atoms with Crippen molar-refractivity contribution in [2.75, 3.05) is 13.2 Å². The summed E-state index contributed by atoms with van der Waals surface area (Å²) in [5.41, 5.74) is 5.95. The molecule has 2 aromatic rings. The van der Waals surface area contributed by atoms with Crippen molar-refractivity contribution in [2.24, 2.45) is 0 Å². The summed E-state index contributed by atoms with van der Waals surface area (Å²) in [4.78, 5) is 0. The zero-order valence-electron chi connectivity index (χ0n) is 15.7. The molecule has 0 fully saturated rings. The topological polar surface area (TPSA) is 65.0 Å². The third kappa shape index (κ3) is 2.91. The fourth-order valence-corrected chi connectivity index (χ4v) is 4.55. The van der Waals surface area contributed by atoms with Crippen molar-refractivity contribution in [3.63, 3.8) is 0 Å². The van der Waals surface area contributed by atoms with Gasteiger partial charge >= 0.3 is 0 Å². The monoisotopic (exact) mass is 344 g/mol. The van der Waals surface area contributed by atoms with Crippen LogP contribution in [0.1, 0.15) is 62.3 Å². The molecule has 0 aliphatic carbocycles. The molecule has 4 rings (SSSR count). The summed E-state index contributed by atoms with van der Waals surface area (Å²) in [7, 11) is 0. The Morgan fingerprint density at radius 2 is 1.88 bits per heavy atom. The van der Waals surface area contributed by atoms with Gasteiger partial charge in [0.25, 0.3) is 0 Å². The summed E-state index contributed by atoms with van der Waals surface area (Å²) >= 11 is 0. The lowest BCUT2D eigenvalue weighted by molar-refractivity contribution is 0.0956. The molecule has 0 atom stereocenters. The number of H-pyrrole nitrogens is 1. The molecule has 2 aromatic heterocycles. The Morgan fingerprint density at radius 1 is 1.12 bits per heavy atom. The number of aromatic nitrogens is 4. The van der Waals surface area contributed by atoms with Crippen LogP contribution in [-0.4, -0.2) is 33.2 Å². The van der Waals surface area contributed by atoms with Gasteiger partial charge in [0.15, 0.2) is 0 Å². The highest BCUT2D eigenvalue weighted by Crippen LogP contribution is 2.39. The maximum Gasteiger partial charge on any atom is 0.0887 e. The quantitative estimate of drug-likeness (QED) is 0.926. The zero-order valence-corrected chi connectivity index (χ0v) is 15.7. The molecule has 0 bridgehead atoms. The third-order valence-electron chi connectivity index (χ3n) is 5.49. The van der Waals surface area contributed by atoms with Gasteiger partial charge in [0.2, 0.25) is 0 Å². The van der Waals surface area contributed by atoms with Crippen LogP contribution in [-0.2, 0) is 46.5 Å². The summed E-state index contributed by atoms with van der Waals surface area (Å²) in [6.45, 7) is 11.9. The van der Waals surface area contributed by atoms with Gasteiger partial charge in [0.05, 0.1) is 49.6 Å². The Bertz CT molecular complexity index is 708. The van der Waals surface area contributed by atoms with Gasteiger partial charge in [-0.25, -0.2) is 0 Å². The lowest BCUT2D eigenvalue weighted by Gasteiger charge is -2.36. The molecule has 25 heavy (non-hydrogen) atoms. The molecule has 0 unspecified atom stereocenters. The maximum absolute atomic E-state index is 5.67. The van der Waals surface area contributed by atoms with Gasteiger partial charge in [-0.05, 0) is 32.3 Å². The number of ether oxygens (including phenoxy) is 2. The molecule has 6 heteroatoms. The van der Waals surface area contributed by atoms with Crippen LogP contribution in [0.15, 0.2) is 6.20 Å². The van der Waals surface area contributed by atoms with E-state index in [0.29, 0.717) is 13.2 Å². The van der Waals surface area contributed by atoms with Crippen LogP contribution in [0.4, 0.5) is 0 Å². The van der Waals surface area contributed by atoms with Gasteiger partial charge in [-0.1, -0.05) is 13.8 Å². The number of nitrogens with one attached hydrogen (secondary N) is 1. The summed E-state index contributed by atoms with van der Waals surface area (Å²) < 4.78 is 13.5. The number of nitrogens with zero attached hydrogens (tertiary/aromatic N) is 3. The summed E-state index contributed by atoms with van der Waals surface area (Å²) in [5.74, 6) is 0. The van der Waals surface area contributed by atoms with Crippen molar-refractivity contribution < 1.29 is 9.47 Å². The van der Waals surface area contributed by atoms with Crippen LogP contribution in [0.5, 0.6) is 0 Å². The molecule has 2 aliphatic heterocycles. The Balaban J connectivity index is 1.63. The molecule has 1 N–H and O–H groups in total. The van der Waals surface area contributed by atoms with Crippen LogP contribution >= 0.6 is 0 Å². The maximum atomic E-state index is 5.67. The van der Waals surface area contributed by atoms with Crippen molar-refractivity contribution >= 4 is 0 Å². The Morgan fingerprint density at radius 3 is 2.72 bits per heavy atom. The molecule has 2 aliphatic rings. The highest BCUT2D eigenvalue weighted by molar-refractivity contribution is 5.32. The highest BCUT2D eigenvalue weighted by atomic mass is 16.5. The van der Waals surface area contributed by atoms with Gasteiger partial charge in [-0.2, -0.15) is 10.2 Å². The van der Waals surface area contributed by atoms with Crippen molar-refractivity contribution in [3.8, 4) is 0 Å². The minimum Gasteiger partial charge on any atom is -0.376 e. The van der Waals surface area contributed by atoms with E-state index in [4.69, 9.17) is 14.6 Å². The number of hydrogen-bond acceptors (Lipinski definition) is 4. The van der Waals surface area contributed by atoms with E-state index in [1.807, 2.05) is 6.20 Å². The van der Waals surface area contributed by atoms with Gasteiger partial charge in [0, 0.05) is 23.1 Å². The van der Waals surface area contributed by atoms with Crippen molar-refractivity contribution in [3.05, 3.63) is 34.4 Å². The van der Waals surface area contributed by atoms with E-state index in [0.717, 1.165) is 38.2 Å². The SMILES string of the molecule is CC(C)(CC(C)(C)n1ncc2c1COCC2)c1n[nH]c2c1COCC2. The molecular weight excluding hydrogens is 316 g/mol. The summed E-state index contributed by atoms with van der Waals surface area (Å²) in [6, 6.07) is 0. The van der Waals surface area contributed by atoms with Crippen molar-refractivity contribution in [1.82, 2.24) is 20.0 Å². The summed E-state index contributed by atoms with van der Waals surface area (Å²) in [6.07, 6.45) is 4.83. The Hall–Kier alpha value is -1.66. The standard InChI is InChI=1S/C19H28N4O2/c1-18(2,17-14-10-24-8-6-15(14)21-22-17)12-19(3,4)23-16-11-25-7-5-13(16)9-20-23/h9H,5-8,10-12H2,1-4H3,(H,21,22). The molecule has 0 saturated heterocycles. The molecule has 0 radical (unpaired) electrons. The molecule has 4 heterocycles.